The molecule has 0 amide bonds. The van der Waals surface area contributed by atoms with Gasteiger partial charge in [0.2, 0.25) is 0 Å². The van der Waals surface area contributed by atoms with E-state index in [2.05, 4.69) is 59.0 Å². The van der Waals surface area contributed by atoms with E-state index in [4.69, 9.17) is 0 Å². The second kappa shape index (κ2) is 7.98. The van der Waals surface area contributed by atoms with Crippen molar-refractivity contribution in [3.63, 3.8) is 0 Å². The summed E-state index contributed by atoms with van der Waals surface area (Å²) in [7, 11) is 0. The van der Waals surface area contributed by atoms with Gasteiger partial charge >= 0.3 is 0 Å². The highest BCUT2D eigenvalue weighted by molar-refractivity contribution is 5.39. The van der Waals surface area contributed by atoms with Gasteiger partial charge in [0.25, 0.3) is 5.69 Å². The first kappa shape index (κ1) is 18.4. The van der Waals surface area contributed by atoms with E-state index in [1.165, 1.54) is 16.8 Å². The van der Waals surface area contributed by atoms with Crippen molar-refractivity contribution in [3.05, 3.63) is 99.4 Å². The highest BCUT2D eigenvalue weighted by Crippen LogP contribution is 2.34. The van der Waals surface area contributed by atoms with Crippen LogP contribution in [0.2, 0.25) is 0 Å². The van der Waals surface area contributed by atoms with E-state index in [1.807, 2.05) is 6.07 Å². The number of hydrogen-bond acceptors (Lipinski definition) is 3. The number of hydrogen-bond donors (Lipinski definition) is 0. The maximum Gasteiger partial charge on any atom is 0.269 e. The molecule has 0 bridgehead atoms. The lowest BCUT2D eigenvalue weighted by molar-refractivity contribution is -0.384. The normalized spacial score (nSPS) is 17.1. The first-order chi connectivity index (χ1) is 13.7. The Balaban J connectivity index is 1.77. The number of nitro groups is 1. The highest BCUT2D eigenvalue weighted by Gasteiger charge is 2.28. The Kier molecular flexibility index (Phi) is 5.26. The molecule has 1 aliphatic heterocycles. The number of aromatic nitrogens is 1. The van der Waals surface area contributed by atoms with Crippen molar-refractivity contribution in [2.24, 2.45) is 0 Å². The van der Waals surface area contributed by atoms with E-state index in [1.54, 1.807) is 18.2 Å². The average molecular weight is 375 g/mol. The second-order valence-corrected chi connectivity index (χ2v) is 7.33. The molecule has 2 aromatic carbocycles. The fraction of sp³-hybridized carbons (Fsp3) is 0.304. The zero-order chi connectivity index (χ0) is 19.5. The van der Waals surface area contributed by atoms with Crippen LogP contribution in [-0.4, -0.2) is 20.9 Å². The van der Waals surface area contributed by atoms with Crippen LogP contribution < -0.4 is 0 Å². The first-order valence-electron chi connectivity index (χ1n) is 9.87. The van der Waals surface area contributed by atoms with Crippen LogP contribution in [0, 0.1) is 10.1 Å². The number of nitrogens with zero attached hydrogens (tertiary/aromatic N) is 3. The van der Waals surface area contributed by atoms with Gasteiger partial charge in [0.1, 0.15) is 0 Å². The molecule has 4 rings (SSSR count). The lowest BCUT2D eigenvalue weighted by Gasteiger charge is -2.31. The predicted octanol–water partition coefficient (Wildman–Crippen LogP) is 4.95. The first-order valence-corrected chi connectivity index (χ1v) is 9.87. The van der Waals surface area contributed by atoms with Crippen molar-refractivity contribution in [2.45, 2.75) is 38.9 Å². The van der Waals surface area contributed by atoms with Crippen LogP contribution in [0.3, 0.4) is 0 Å². The van der Waals surface area contributed by atoms with E-state index in [-0.39, 0.29) is 16.7 Å². The molecule has 28 heavy (non-hydrogen) atoms. The lowest BCUT2D eigenvalue weighted by Crippen LogP contribution is -2.30. The summed E-state index contributed by atoms with van der Waals surface area (Å²) in [5, 5.41) is 11.3. The fourth-order valence-electron chi connectivity index (χ4n) is 4.28. The van der Waals surface area contributed by atoms with Crippen LogP contribution in [-0.2, 0) is 19.5 Å². The zero-order valence-electron chi connectivity index (χ0n) is 16.1. The lowest BCUT2D eigenvalue weighted by atomic mass is 9.99. The summed E-state index contributed by atoms with van der Waals surface area (Å²) in [5.41, 5.74) is 5.02. The zero-order valence-corrected chi connectivity index (χ0v) is 16.1. The van der Waals surface area contributed by atoms with Gasteiger partial charge in [-0.2, -0.15) is 0 Å². The minimum atomic E-state index is -0.310. The van der Waals surface area contributed by atoms with E-state index in [0.717, 1.165) is 38.0 Å². The van der Waals surface area contributed by atoms with Crippen molar-refractivity contribution < 1.29 is 4.92 Å². The van der Waals surface area contributed by atoms with Crippen LogP contribution >= 0.6 is 0 Å². The highest BCUT2D eigenvalue weighted by atomic mass is 16.6. The topological polar surface area (TPSA) is 51.3 Å². The number of nitro benzene ring substituents is 1. The van der Waals surface area contributed by atoms with E-state index >= 15 is 0 Å². The maximum atomic E-state index is 11.3. The molecule has 5 heteroatoms. The molecular weight excluding hydrogens is 350 g/mol. The molecule has 0 unspecified atom stereocenters. The van der Waals surface area contributed by atoms with Gasteiger partial charge in [0.05, 0.1) is 11.0 Å². The Morgan fingerprint density at radius 1 is 1.04 bits per heavy atom. The largest absolute Gasteiger partial charge is 0.350 e. The Bertz CT molecular complexity index is 979. The number of rotatable bonds is 5. The number of non-ortho nitro benzene ring substituents is 1. The minimum Gasteiger partial charge on any atom is -0.350 e. The van der Waals surface area contributed by atoms with Gasteiger partial charge in [-0.25, -0.2) is 0 Å². The third-order valence-electron chi connectivity index (χ3n) is 5.62. The standard InChI is InChI=1S/C23H25N3O2/c1-2-18-8-3-4-9-20(18)17-25-15-7-14-24-13-6-12-22(24)23(25)19-10-5-11-21(16-19)26(27)28/h3-6,8-13,16,23H,2,7,14-15,17H2,1H3/t23-/m1/s1. The minimum absolute atomic E-state index is 0.00214. The number of fused-ring (bicyclic) bond motifs is 1. The van der Waals surface area contributed by atoms with Gasteiger partial charge in [0, 0.05) is 43.7 Å². The van der Waals surface area contributed by atoms with Crippen molar-refractivity contribution >= 4 is 5.69 Å². The molecule has 2 heterocycles. The smallest absolute Gasteiger partial charge is 0.269 e. The molecule has 0 aliphatic carbocycles. The predicted molar refractivity (Wildman–Crippen MR) is 110 cm³/mol. The van der Waals surface area contributed by atoms with Crippen molar-refractivity contribution in [1.29, 1.82) is 0 Å². The third kappa shape index (κ3) is 3.58. The molecular formula is C23H25N3O2. The number of aryl methyl sites for hydroxylation is 2. The molecule has 0 radical (unpaired) electrons. The molecule has 1 atom stereocenters. The Hall–Kier alpha value is -2.92. The molecule has 0 saturated heterocycles. The van der Waals surface area contributed by atoms with Crippen molar-refractivity contribution in [2.75, 3.05) is 6.54 Å². The molecule has 0 saturated carbocycles. The summed E-state index contributed by atoms with van der Waals surface area (Å²) in [4.78, 5) is 13.5. The van der Waals surface area contributed by atoms with E-state index in [0.29, 0.717) is 0 Å². The fourth-order valence-corrected chi connectivity index (χ4v) is 4.28. The van der Waals surface area contributed by atoms with Gasteiger partial charge in [-0.3, -0.25) is 15.0 Å². The van der Waals surface area contributed by atoms with E-state index in [9.17, 15) is 10.1 Å². The number of benzene rings is 2. The van der Waals surface area contributed by atoms with Gasteiger partial charge in [0.15, 0.2) is 0 Å². The van der Waals surface area contributed by atoms with Crippen LogP contribution in [0.15, 0.2) is 66.9 Å². The van der Waals surface area contributed by atoms with Gasteiger partial charge in [-0.1, -0.05) is 43.3 Å². The molecule has 5 nitrogen and oxygen atoms in total. The monoisotopic (exact) mass is 375 g/mol. The summed E-state index contributed by atoms with van der Waals surface area (Å²) in [6, 6.07) is 19.9. The summed E-state index contributed by atoms with van der Waals surface area (Å²) in [6.07, 6.45) is 4.17. The summed E-state index contributed by atoms with van der Waals surface area (Å²) >= 11 is 0. The van der Waals surface area contributed by atoms with Crippen LogP contribution in [0.4, 0.5) is 5.69 Å². The molecule has 3 aromatic rings. The van der Waals surface area contributed by atoms with Crippen molar-refractivity contribution in [1.82, 2.24) is 9.47 Å². The van der Waals surface area contributed by atoms with E-state index < -0.39 is 0 Å². The summed E-state index contributed by atoms with van der Waals surface area (Å²) < 4.78 is 2.29. The summed E-state index contributed by atoms with van der Waals surface area (Å²) in [5.74, 6) is 0. The summed E-state index contributed by atoms with van der Waals surface area (Å²) in [6.45, 7) is 4.94. The molecule has 0 fully saturated rings. The van der Waals surface area contributed by atoms with Crippen molar-refractivity contribution in [3.8, 4) is 0 Å². The Morgan fingerprint density at radius 3 is 2.64 bits per heavy atom. The SMILES string of the molecule is CCc1ccccc1CN1CCCn2cccc2[C@H]1c1cccc([N+](=O)[O-])c1. The second-order valence-electron chi connectivity index (χ2n) is 7.33. The molecule has 1 aliphatic rings. The van der Waals surface area contributed by atoms with Crippen LogP contribution in [0.25, 0.3) is 0 Å². The van der Waals surface area contributed by atoms with Gasteiger partial charge in [-0.15, -0.1) is 0 Å². The van der Waals surface area contributed by atoms with Gasteiger partial charge < -0.3 is 4.57 Å². The van der Waals surface area contributed by atoms with Crippen LogP contribution in [0.1, 0.15) is 41.8 Å². The Morgan fingerprint density at radius 2 is 1.86 bits per heavy atom. The van der Waals surface area contributed by atoms with Gasteiger partial charge in [-0.05, 0) is 41.7 Å². The van der Waals surface area contributed by atoms with Crippen LogP contribution in [0.5, 0.6) is 0 Å². The average Bonchev–Trinajstić information content (AvgIpc) is 3.10. The molecule has 0 N–H and O–H groups in total. The molecule has 1 aromatic heterocycles. The molecule has 0 spiro atoms. The Labute approximate surface area is 165 Å². The molecule has 144 valence electrons. The quantitative estimate of drug-likeness (QED) is 0.468. The third-order valence-corrected chi connectivity index (χ3v) is 5.62. The maximum absolute atomic E-state index is 11.3.